The molecule has 0 bridgehead atoms. The van der Waals surface area contributed by atoms with Gasteiger partial charge < -0.3 is 11.1 Å². The Morgan fingerprint density at radius 2 is 1.83 bits per heavy atom. The molecule has 0 saturated heterocycles. The number of nitro groups is 1. The van der Waals surface area contributed by atoms with Crippen LogP contribution in [-0.4, -0.2) is 16.7 Å². The van der Waals surface area contributed by atoms with Crippen molar-refractivity contribution in [3.63, 3.8) is 0 Å². The van der Waals surface area contributed by atoms with Gasteiger partial charge in [-0.3, -0.25) is 19.7 Å². The summed E-state index contributed by atoms with van der Waals surface area (Å²) in [5.74, 6) is -1.00. The van der Waals surface area contributed by atoms with Crippen LogP contribution in [0.2, 0.25) is 5.02 Å². The summed E-state index contributed by atoms with van der Waals surface area (Å²) in [4.78, 5) is 33.2. The van der Waals surface area contributed by atoms with E-state index >= 15 is 0 Å². The van der Waals surface area contributed by atoms with Gasteiger partial charge in [0.15, 0.2) is 0 Å². The van der Waals surface area contributed by atoms with E-state index in [1.165, 1.54) is 42.5 Å². The molecule has 0 unspecified atom stereocenters. The Balaban J connectivity index is 2.09. The molecule has 0 aliphatic rings. The molecule has 0 spiro atoms. The van der Waals surface area contributed by atoms with Crippen molar-refractivity contribution in [3.05, 3.63) is 68.7 Å². The Labute approximate surface area is 136 Å². The number of anilines is 1. The van der Waals surface area contributed by atoms with Crippen LogP contribution < -0.4 is 11.1 Å². The standard InChI is InChI=1S/C15H12ClN3O4/c16-12-6-3-10(15(17)21)8-13(12)18-14(20)7-9-1-4-11(5-2-9)19(22)23/h1-6,8H,7H2,(H2,17,21)(H,18,20). The van der Waals surface area contributed by atoms with Crippen LogP contribution in [-0.2, 0) is 11.2 Å². The molecule has 23 heavy (non-hydrogen) atoms. The van der Waals surface area contributed by atoms with Crippen molar-refractivity contribution in [3.8, 4) is 0 Å². The Morgan fingerprint density at radius 1 is 1.17 bits per heavy atom. The molecule has 0 atom stereocenters. The number of nitrogens with one attached hydrogen (secondary N) is 1. The molecule has 0 heterocycles. The van der Waals surface area contributed by atoms with E-state index in [0.29, 0.717) is 5.56 Å². The fourth-order valence-electron chi connectivity index (χ4n) is 1.89. The second kappa shape index (κ2) is 6.89. The van der Waals surface area contributed by atoms with E-state index < -0.39 is 10.8 Å². The normalized spacial score (nSPS) is 10.1. The molecule has 0 aliphatic carbocycles. The lowest BCUT2D eigenvalue weighted by molar-refractivity contribution is -0.384. The SMILES string of the molecule is NC(=O)c1ccc(Cl)c(NC(=O)Cc2ccc([N+](=O)[O-])cc2)c1. The molecule has 0 radical (unpaired) electrons. The number of nitrogens with two attached hydrogens (primary N) is 1. The predicted molar refractivity (Wildman–Crippen MR) is 85.4 cm³/mol. The molecular formula is C15H12ClN3O4. The van der Waals surface area contributed by atoms with Gasteiger partial charge in [-0.2, -0.15) is 0 Å². The lowest BCUT2D eigenvalue weighted by Gasteiger charge is -2.08. The number of non-ortho nitro benzene ring substituents is 1. The molecule has 0 aromatic heterocycles. The summed E-state index contributed by atoms with van der Waals surface area (Å²) in [5.41, 5.74) is 6.23. The van der Waals surface area contributed by atoms with Crippen LogP contribution >= 0.6 is 11.6 Å². The van der Waals surface area contributed by atoms with Crippen molar-refractivity contribution < 1.29 is 14.5 Å². The number of carbonyl (C=O) groups is 2. The predicted octanol–water partition coefficient (Wildman–Crippen LogP) is 2.53. The first kappa shape index (κ1) is 16.4. The fraction of sp³-hybridized carbons (Fsp3) is 0.0667. The van der Waals surface area contributed by atoms with E-state index in [9.17, 15) is 19.7 Å². The van der Waals surface area contributed by atoms with Crippen LogP contribution in [0, 0.1) is 10.1 Å². The number of primary amides is 1. The number of benzene rings is 2. The third-order valence-electron chi connectivity index (χ3n) is 3.04. The van der Waals surface area contributed by atoms with Crippen LogP contribution in [0.4, 0.5) is 11.4 Å². The van der Waals surface area contributed by atoms with Gasteiger partial charge >= 0.3 is 0 Å². The number of nitrogens with zero attached hydrogens (tertiary/aromatic N) is 1. The van der Waals surface area contributed by atoms with Gasteiger partial charge in [0.2, 0.25) is 11.8 Å². The summed E-state index contributed by atoms with van der Waals surface area (Å²) >= 11 is 5.96. The van der Waals surface area contributed by atoms with Gasteiger partial charge in [-0.15, -0.1) is 0 Å². The van der Waals surface area contributed by atoms with Crippen LogP contribution in [0.3, 0.4) is 0 Å². The molecule has 2 aromatic rings. The van der Waals surface area contributed by atoms with Gasteiger partial charge in [-0.1, -0.05) is 23.7 Å². The van der Waals surface area contributed by atoms with Crippen LogP contribution in [0.1, 0.15) is 15.9 Å². The van der Waals surface area contributed by atoms with Crippen LogP contribution in [0.15, 0.2) is 42.5 Å². The van der Waals surface area contributed by atoms with E-state index in [1.807, 2.05) is 0 Å². The summed E-state index contributed by atoms with van der Waals surface area (Å²) in [6, 6.07) is 9.95. The van der Waals surface area contributed by atoms with Gasteiger partial charge in [-0.25, -0.2) is 0 Å². The van der Waals surface area contributed by atoms with E-state index in [0.717, 1.165) is 0 Å². The monoisotopic (exact) mass is 333 g/mol. The molecule has 2 amide bonds. The third kappa shape index (κ3) is 4.27. The van der Waals surface area contributed by atoms with Gasteiger partial charge in [0.05, 0.1) is 22.1 Å². The van der Waals surface area contributed by atoms with Gasteiger partial charge in [-0.05, 0) is 23.8 Å². The second-order valence-corrected chi connectivity index (χ2v) is 5.11. The van der Waals surface area contributed by atoms with Crippen LogP contribution in [0.5, 0.6) is 0 Å². The first-order valence-corrected chi connectivity index (χ1v) is 6.87. The topological polar surface area (TPSA) is 115 Å². The van der Waals surface area contributed by atoms with Crippen molar-refractivity contribution in [1.82, 2.24) is 0 Å². The highest BCUT2D eigenvalue weighted by Gasteiger charge is 2.11. The van der Waals surface area contributed by atoms with E-state index in [2.05, 4.69) is 5.32 Å². The minimum absolute atomic E-state index is 0.00905. The Bertz CT molecular complexity index is 775. The summed E-state index contributed by atoms with van der Waals surface area (Å²) in [5, 5.41) is 13.4. The lowest BCUT2D eigenvalue weighted by Crippen LogP contribution is -2.16. The average molecular weight is 334 g/mol. The van der Waals surface area contributed by atoms with Crippen molar-refractivity contribution in [1.29, 1.82) is 0 Å². The Morgan fingerprint density at radius 3 is 2.39 bits per heavy atom. The van der Waals surface area contributed by atoms with Crippen molar-refractivity contribution in [2.75, 3.05) is 5.32 Å². The van der Waals surface area contributed by atoms with E-state index in [4.69, 9.17) is 17.3 Å². The Hall–Kier alpha value is -2.93. The molecule has 2 rings (SSSR count). The van der Waals surface area contributed by atoms with Gasteiger partial charge in [0.1, 0.15) is 0 Å². The number of hydrogen-bond acceptors (Lipinski definition) is 4. The molecule has 8 heteroatoms. The first-order valence-electron chi connectivity index (χ1n) is 6.49. The number of amides is 2. The van der Waals surface area contributed by atoms with Crippen molar-refractivity contribution in [2.24, 2.45) is 5.73 Å². The molecule has 7 nitrogen and oxygen atoms in total. The molecule has 0 aliphatic heterocycles. The number of nitro benzene ring substituents is 1. The van der Waals surface area contributed by atoms with E-state index in [-0.39, 0.29) is 34.3 Å². The number of hydrogen-bond donors (Lipinski definition) is 2. The zero-order valence-corrected chi connectivity index (χ0v) is 12.5. The maximum atomic E-state index is 12.0. The quantitative estimate of drug-likeness (QED) is 0.646. The summed E-state index contributed by atoms with van der Waals surface area (Å²) in [7, 11) is 0. The third-order valence-corrected chi connectivity index (χ3v) is 3.37. The highest BCUT2D eigenvalue weighted by Crippen LogP contribution is 2.23. The summed E-state index contributed by atoms with van der Waals surface area (Å²) in [6.45, 7) is 0. The second-order valence-electron chi connectivity index (χ2n) is 4.71. The van der Waals surface area contributed by atoms with Crippen LogP contribution in [0.25, 0.3) is 0 Å². The largest absolute Gasteiger partial charge is 0.366 e. The maximum absolute atomic E-state index is 12.0. The number of halogens is 1. The van der Waals surface area contributed by atoms with Gasteiger partial charge in [0.25, 0.3) is 5.69 Å². The molecule has 0 fully saturated rings. The average Bonchev–Trinajstić information content (AvgIpc) is 2.49. The van der Waals surface area contributed by atoms with Gasteiger partial charge in [0, 0.05) is 17.7 Å². The molecule has 2 aromatic carbocycles. The minimum Gasteiger partial charge on any atom is -0.366 e. The van der Waals surface area contributed by atoms with Crippen molar-refractivity contribution >= 4 is 34.8 Å². The van der Waals surface area contributed by atoms with Crippen molar-refractivity contribution in [2.45, 2.75) is 6.42 Å². The zero-order valence-electron chi connectivity index (χ0n) is 11.8. The highest BCUT2D eigenvalue weighted by molar-refractivity contribution is 6.33. The number of rotatable bonds is 5. The Kier molecular flexibility index (Phi) is 4.92. The summed E-state index contributed by atoms with van der Waals surface area (Å²) < 4.78 is 0. The smallest absolute Gasteiger partial charge is 0.269 e. The maximum Gasteiger partial charge on any atom is 0.269 e. The number of carbonyl (C=O) groups excluding carboxylic acids is 2. The lowest BCUT2D eigenvalue weighted by atomic mass is 10.1. The minimum atomic E-state index is -0.632. The highest BCUT2D eigenvalue weighted by atomic mass is 35.5. The van der Waals surface area contributed by atoms with E-state index in [1.54, 1.807) is 0 Å². The fourth-order valence-corrected chi connectivity index (χ4v) is 2.05. The molecule has 118 valence electrons. The molecular weight excluding hydrogens is 322 g/mol. The summed E-state index contributed by atoms with van der Waals surface area (Å²) in [6.07, 6.45) is 0.00905. The molecule has 3 N–H and O–H groups in total. The molecule has 0 saturated carbocycles. The first-order chi connectivity index (χ1) is 10.9. The zero-order chi connectivity index (χ0) is 17.0.